The Morgan fingerprint density at radius 2 is 2.24 bits per heavy atom. The summed E-state index contributed by atoms with van der Waals surface area (Å²) in [5.74, 6) is -0.720. The van der Waals surface area contributed by atoms with Gasteiger partial charge in [0, 0.05) is 6.42 Å². The molecule has 3 nitrogen and oxygen atoms in total. The maximum atomic E-state index is 10.5. The fraction of sp³-hybridized carbons (Fsp3) is 0.385. The molecular weight excluding hydrogens is 234 g/mol. The smallest absolute Gasteiger partial charge is 0.303 e. The summed E-state index contributed by atoms with van der Waals surface area (Å²) >= 11 is 1.63. The van der Waals surface area contributed by atoms with Crippen molar-refractivity contribution in [1.29, 1.82) is 0 Å². The summed E-state index contributed by atoms with van der Waals surface area (Å²) in [4.78, 5) is 14.8. The summed E-state index contributed by atoms with van der Waals surface area (Å²) in [6, 6.07) is 4.29. The summed E-state index contributed by atoms with van der Waals surface area (Å²) in [5, 5.41) is 8.65. The zero-order chi connectivity index (χ0) is 12.3. The number of carboxylic acids is 1. The van der Waals surface area contributed by atoms with Gasteiger partial charge < -0.3 is 5.11 Å². The van der Waals surface area contributed by atoms with E-state index in [0.29, 0.717) is 6.42 Å². The van der Waals surface area contributed by atoms with Crippen LogP contribution in [-0.2, 0) is 17.6 Å². The molecule has 0 atom stereocenters. The lowest BCUT2D eigenvalue weighted by molar-refractivity contribution is -0.137. The third kappa shape index (κ3) is 2.82. The largest absolute Gasteiger partial charge is 0.481 e. The number of hydrogen-bond donors (Lipinski definition) is 1. The van der Waals surface area contributed by atoms with Crippen molar-refractivity contribution >= 4 is 27.5 Å². The van der Waals surface area contributed by atoms with Gasteiger partial charge in [0.25, 0.3) is 0 Å². The van der Waals surface area contributed by atoms with Crippen molar-refractivity contribution < 1.29 is 9.90 Å². The maximum absolute atomic E-state index is 10.5. The maximum Gasteiger partial charge on any atom is 0.303 e. The molecule has 1 N–H and O–H groups in total. The quantitative estimate of drug-likeness (QED) is 0.884. The van der Waals surface area contributed by atoms with Gasteiger partial charge in [0.05, 0.1) is 15.7 Å². The van der Waals surface area contributed by atoms with E-state index >= 15 is 0 Å². The van der Waals surface area contributed by atoms with Gasteiger partial charge in [0.15, 0.2) is 0 Å². The molecule has 0 fully saturated rings. The van der Waals surface area contributed by atoms with Crippen molar-refractivity contribution in [3.63, 3.8) is 0 Å². The van der Waals surface area contributed by atoms with Crippen molar-refractivity contribution in [3.8, 4) is 0 Å². The first-order chi connectivity index (χ1) is 8.20. The van der Waals surface area contributed by atoms with Gasteiger partial charge in [-0.05, 0) is 42.5 Å². The molecule has 0 aliphatic carbocycles. The first-order valence-electron chi connectivity index (χ1n) is 5.77. The number of carbonyl (C=O) groups is 1. The summed E-state index contributed by atoms with van der Waals surface area (Å²) < 4.78 is 1.19. The molecule has 2 aromatic rings. The number of thiazole rings is 1. The number of aliphatic carboxylic acids is 1. The van der Waals surface area contributed by atoms with Gasteiger partial charge in [-0.2, -0.15) is 0 Å². The third-order valence-corrected chi connectivity index (χ3v) is 3.66. The molecule has 0 aliphatic rings. The van der Waals surface area contributed by atoms with Crippen molar-refractivity contribution in [1.82, 2.24) is 4.98 Å². The van der Waals surface area contributed by atoms with Crippen molar-refractivity contribution in [3.05, 3.63) is 28.8 Å². The first kappa shape index (κ1) is 12.0. The molecule has 0 saturated heterocycles. The number of carboxylic acid groups (broad SMARTS) is 1. The van der Waals surface area contributed by atoms with Gasteiger partial charge in [0.2, 0.25) is 0 Å². The van der Waals surface area contributed by atoms with E-state index in [1.54, 1.807) is 11.3 Å². The molecule has 1 aromatic carbocycles. The Labute approximate surface area is 104 Å². The van der Waals surface area contributed by atoms with Crippen LogP contribution in [0.5, 0.6) is 0 Å². The van der Waals surface area contributed by atoms with Crippen LogP contribution >= 0.6 is 11.3 Å². The molecule has 0 bridgehead atoms. The SMILES string of the molecule is CCc1cc2ncsc2cc1CCCC(=O)O. The van der Waals surface area contributed by atoms with Gasteiger partial charge in [0.1, 0.15) is 0 Å². The average Bonchev–Trinajstić information content (AvgIpc) is 2.74. The van der Waals surface area contributed by atoms with Crippen LogP contribution in [0.25, 0.3) is 10.2 Å². The Morgan fingerprint density at radius 1 is 1.41 bits per heavy atom. The number of hydrogen-bond acceptors (Lipinski definition) is 3. The van der Waals surface area contributed by atoms with Crippen molar-refractivity contribution in [2.75, 3.05) is 0 Å². The molecule has 0 unspecified atom stereocenters. The lowest BCUT2D eigenvalue weighted by Gasteiger charge is -2.07. The Kier molecular flexibility index (Phi) is 3.74. The number of rotatable bonds is 5. The van der Waals surface area contributed by atoms with E-state index in [2.05, 4.69) is 24.0 Å². The van der Waals surface area contributed by atoms with Gasteiger partial charge in [-0.1, -0.05) is 6.92 Å². The molecule has 90 valence electrons. The van der Waals surface area contributed by atoms with E-state index in [1.807, 2.05) is 5.51 Å². The van der Waals surface area contributed by atoms with Crippen LogP contribution < -0.4 is 0 Å². The van der Waals surface area contributed by atoms with Gasteiger partial charge in [-0.3, -0.25) is 4.79 Å². The molecule has 4 heteroatoms. The number of nitrogens with zero attached hydrogens (tertiary/aromatic N) is 1. The Hall–Kier alpha value is -1.42. The molecular formula is C13H15NO2S. The molecule has 0 aliphatic heterocycles. The fourth-order valence-electron chi connectivity index (χ4n) is 1.98. The normalized spacial score (nSPS) is 10.9. The Bertz CT molecular complexity index is 533. The van der Waals surface area contributed by atoms with Crippen molar-refractivity contribution in [2.24, 2.45) is 0 Å². The standard InChI is InChI=1S/C13H15NO2S/c1-2-9-6-11-12(17-8-14-11)7-10(9)4-3-5-13(15)16/h6-8H,2-5H2,1H3,(H,15,16). The summed E-state index contributed by atoms with van der Waals surface area (Å²) in [6.07, 6.45) is 2.75. The summed E-state index contributed by atoms with van der Waals surface area (Å²) in [7, 11) is 0. The van der Waals surface area contributed by atoms with E-state index in [4.69, 9.17) is 5.11 Å². The van der Waals surface area contributed by atoms with Crippen LogP contribution in [0, 0.1) is 0 Å². The van der Waals surface area contributed by atoms with E-state index < -0.39 is 5.97 Å². The van der Waals surface area contributed by atoms with E-state index in [0.717, 1.165) is 18.4 Å². The lowest BCUT2D eigenvalue weighted by atomic mass is 10.00. The highest BCUT2D eigenvalue weighted by Crippen LogP contribution is 2.24. The van der Waals surface area contributed by atoms with Crippen molar-refractivity contribution in [2.45, 2.75) is 32.6 Å². The van der Waals surface area contributed by atoms with Gasteiger partial charge in [-0.15, -0.1) is 11.3 Å². The predicted octanol–water partition coefficient (Wildman–Crippen LogP) is 3.27. The lowest BCUT2D eigenvalue weighted by Crippen LogP contribution is -1.98. The minimum absolute atomic E-state index is 0.240. The molecule has 17 heavy (non-hydrogen) atoms. The number of fused-ring (bicyclic) bond motifs is 1. The summed E-state index contributed by atoms with van der Waals surface area (Å²) in [5.41, 5.74) is 5.46. The second-order valence-corrected chi connectivity index (χ2v) is 4.93. The van der Waals surface area contributed by atoms with E-state index in [9.17, 15) is 4.79 Å². The summed E-state index contributed by atoms with van der Waals surface area (Å²) in [6.45, 7) is 2.12. The zero-order valence-corrected chi connectivity index (χ0v) is 10.6. The van der Waals surface area contributed by atoms with E-state index in [-0.39, 0.29) is 6.42 Å². The molecule has 2 rings (SSSR count). The minimum atomic E-state index is -0.720. The van der Waals surface area contributed by atoms with Crippen LogP contribution in [0.15, 0.2) is 17.6 Å². The second kappa shape index (κ2) is 5.27. The first-order valence-corrected chi connectivity index (χ1v) is 6.65. The van der Waals surface area contributed by atoms with Gasteiger partial charge >= 0.3 is 5.97 Å². The molecule has 1 heterocycles. The molecule has 0 spiro atoms. The molecule has 0 saturated carbocycles. The number of benzene rings is 1. The Morgan fingerprint density at radius 3 is 2.94 bits per heavy atom. The number of aryl methyl sites for hydroxylation is 2. The number of aromatic nitrogens is 1. The van der Waals surface area contributed by atoms with Crippen LogP contribution in [0.3, 0.4) is 0 Å². The predicted molar refractivity (Wildman–Crippen MR) is 69.6 cm³/mol. The van der Waals surface area contributed by atoms with E-state index in [1.165, 1.54) is 15.8 Å². The van der Waals surface area contributed by atoms with Crippen LogP contribution in [0.2, 0.25) is 0 Å². The highest BCUT2D eigenvalue weighted by molar-refractivity contribution is 7.16. The molecule has 0 amide bonds. The highest BCUT2D eigenvalue weighted by Gasteiger charge is 2.06. The van der Waals surface area contributed by atoms with Crippen LogP contribution in [0.1, 0.15) is 30.9 Å². The fourth-order valence-corrected chi connectivity index (χ4v) is 2.70. The molecule has 0 radical (unpaired) electrons. The highest BCUT2D eigenvalue weighted by atomic mass is 32.1. The second-order valence-electron chi connectivity index (χ2n) is 4.04. The van der Waals surface area contributed by atoms with Crippen LogP contribution in [-0.4, -0.2) is 16.1 Å². The minimum Gasteiger partial charge on any atom is -0.481 e. The topological polar surface area (TPSA) is 50.2 Å². The third-order valence-electron chi connectivity index (χ3n) is 2.87. The average molecular weight is 249 g/mol. The Balaban J connectivity index is 2.21. The zero-order valence-electron chi connectivity index (χ0n) is 9.77. The molecule has 1 aromatic heterocycles. The van der Waals surface area contributed by atoms with Gasteiger partial charge in [-0.25, -0.2) is 4.98 Å². The van der Waals surface area contributed by atoms with Crippen LogP contribution in [0.4, 0.5) is 0 Å². The monoisotopic (exact) mass is 249 g/mol.